The lowest BCUT2D eigenvalue weighted by Gasteiger charge is -2.02. The van der Waals surface area contributed by atoms with E-state index in [0.29, 0.717) is 10.9 Å². The molecule has 1 N–H and O–H groups in total. The van der Waals surface area contributed by atoms with Gasteiger partial charge in [-0.25, -0.2) is 9.67 Å². The molecule has 1 aliphatic heterocycles. The maximum atomic E-state index is 12.2. The molecule has 0 spiro atoms. The van der Waals surface area contributed by atoms with E-state index in [1.165, 1.54) is 0 Å². The number of carbonyl (C=O) groups excluding carboxylic acids is 1. The molecule has 1 saturated heterocycles. The van der Waals surface area contributed by atoms with E-state index in [2.05, 4.69) is 10.3 Å². The van der Waals surface area contributed by atoms with Crippen molar-refractivity contribution in [1.29, 1.82) is 0 Å². The number of aliphatic imine (C=N–C) groups is 1. The summed E-state index contributed by atoms with van der Waals surface area (Å²) in [6.07, 6.45) is 3.91. The Morgan fingerprint density at radius 1 is 1.00 bits per heavy atom. The molecule has 1 aliphatic rings. The third-order valence-electron chi connectivity index (χ3n) is 5.10. The van der Waals surface area contributed by atoms with Crippen LogP contribution in [0, 0.1) is 6.92 Å². The Labute approximate surface area is 200 Å². The van der Waals surface area contributed by atoms with E-state index in [9.17, 15) is 4.79 Å². The Hall–Kier alpha value is -3.61. The van der Waals surface area contributed by atoms with Gasteiger partial charge in [0.1, 0.15) is 5.84 Å². The van der Waals surface area contributed by atoms with Gasteiger partial charge in [0.25, 0.3) is 5.24 Å². The van der Waals surface area contributed by atoms with Gasteiger partial charge in [-0.2, -0.15) is 5.10 Å². The number of amidine groups is 1. The quantitative estimate of drug-likeness (QED) is 0.348. The summed E-state index contributed by atoms with van der Waals surface area (Å²) in [5.74, 6) is 0.531. The predicted molar refractivity (Wildman–Crippen MR) is 136 cm³/mol. The second-order valence-electron chi connectivity index (χ2n) is 7.54. The second kappa shape index (κ2) is 9.10. The van der Waals surface area contributed by atoms with Gasteiger partial charge in [0, 0.05) is 22.3 Å². The monoisotopic (exact) mass is 470 g/mol. The fourth-order valence-electron chi connectivity index (χ4n) is 3.44. The zero-order valence-corrected chi connectivity index (χ0v) is 19.3. The van der Waals surface area contributed by atoms with E-state index in [0.717, 1.165) is 50.4 Å². The number of hydrogen-bond acceptors (Lipinski definition) is 4. The molecule has 0 atom stereocenters. The molecule has 7 heteroatoms. The van der Waals surface area contributed by atoms with Crippen LogP contribution in [0.2, 0.25) is 5.02 Å². The number of halogens is 1. The molecular formula is C26H19ClN4OS. The van der Waals surface area contributed by atoms with Crippen LogP contribution in [0.1, 0.15) is 11.1 Å². The van der Waals surface area contributed by atoms with Crippen LogP contribution in [0.3, 0.4) is 0 Å². The molecule has 0 unspecified atom stereocenters. The Bertz CT molecular complexity index is 1370. The van der Waals surface area contributed by atoms with Crippen molar-refractivity contribution in [2.45, 2.75) is 6.92 Å². The number of hydrogen-bond donors (Lipinski definition) is 1. The molecule has 1 fully saturated rings. The van der Waals surface area contributed by atoms with E-state index in [1.807, 2.05) is 103 Å². The Morgan fingerprint density at radius 2 is 1.73 bits per heavy atom. The standard InChI is InChI=1S/C26H19ClN4OS/c1-17-7-13-21(14-8-17)28-25-23(33-26(32)29-25)15-19-16-31(22-5-3-2-4-6-22)30-24(19)18-9-11-20(27)12-10-18/h2-16H,1H3,(H,28,29,32). The lowest BCUT2D eigenvalue weighted by molar-refractivity contribution is 0.265. The molecule has 3 aromatic carbocycles. The van der Waals surface area contributed by atoms with Crippen LogP contribution in [0.25, 0.3) is 23.0 Å². The summed E-state index contributed by atoms with van der Waals surface area (Å²) >= 11 is 7.22. The van der Waals surface area contributed by atoms with Gasteiger partial charge in [0.05, 0.1) is 22.0 Å². The summed E-state index contributed by atoms with van der Waals surface area (Å²) in [4.78, 5) is 17.6. The largest absolute Gasteiger partial charge is 0.300 e. The van der Waals surface area contributed by atoms with E-state index in [4.69, 9.17) is 16.7 Å². The van der Waals surface area contributed by atoms with Crippen LogP contribution in [-0.4, -0.2) is 20.9 Å². The number of nitrogens with one attached hydrogen (secondary N) is 1. The van der Waals surface area contributed by atoms with Gasteiger partial charge in [-0.15, -0.1) is 0 Å². The lowest BCUT2D eigenvalue weighted by atomic mass is 10.1. The van der Waals surface area contributed by atoms with Crippen molar-refractivity contribution in [3.05, 3.63) is 106 Å². The number of aryl methyl sites for hydroxylation is 1. The van der Waals surface area contributed by atoms with Crippen molar-refractivity contribution >= 4 is 46.2 Å². The van der Waals surface area contributed by atoms with Crippen LogP contribution in [0.15, 0.2) is 95.0 Å². The molecule has 4 aromatic rings. The summed E-state index contributed by atoms with van der Waals surface area (Å²) in [5.41, 5.74) is 5.47. The Morgan fingerprint density at radius 3 is 2.45 bits per heavy atom. The number of aromatic nitrogens is 2. The van der Waals surface area contributed by atoms with E-state index < -0.39 is 0 Å². The van der Waals surface area contributed by atoms with Crippen molar-refractivity contribution in [3.8, 4) is 16.9 Å². The number of rotatable bonds is 4. The zero-order valence-electron chi connectivity index (χ0n) is 17.7. The smallest absolute Gasteiger partial charge is 0.289 e. The maximum absolute atomic E-state index is 12.2. The summed E-state index contributed by atoms with van der Waals surface area (Å²) in [6.45, 7) is 2.03. The maximum Gasteiger partial charge on any atom is 0.289 e. The average Bonchev–Trinajstić information content (AvgIpc) is 3.40. The fourth-order valence-corrected chi connectivity index (χ4v) is 4.29. The van der Waals surface area contributed by atoms with Gasteiger partial charge in [-0.05, 0) is 61.2 Å². The van der Waals surface area contributed by atoms with Crippen LogP contribution in [-0.2, 0) is 0 Å². The minimum atomic E-state index is -0.157. The first-order valence-electron chi connectivity index (χ1n) is 10.3. The third-order valence-corrected chi connectivity index (χ3v) is 6.17. The first-order chi connectivity index (χ1) is 16.0. The molecule has 162 valence electrons. The van der Waals surface area contributed by atoms with E-state index in [1.54, 1.807) is 0 Å². The predicted octanol–water partition coefficient (Wildman–Crippen LogP) is 7.03. The first kappa shape index (κ1) is 21.2. The van der Waals surface area contributed by atoms with Crippen molar-refractivity contribution in [2.75, 3.05) is 0 Å². The molecule has 0 radical (unpaired) electrons. The number of carbonyl (C=O) groups is 1. The number of amides is 1. The molecular weight excluding hydrogens is 452 g/mol. The normalized spacial score (nSPS) is 15.9. The highest BCUT2D eigenvalue weighted by molar-refractivity contribution is 8.18. The molecule has 1 aromatic heterocycles. The van der Waals surface area contributed by atoms with Crippen LogP contribution in [0.4, 0.5) is 10.5 Å². The van der Waals surface area contributed by atoms with E-state index in [-0.39, 0.29) is 5.24 Å². The van der Waals surface area contributed by atoms with Crippen molar-refractivity contribution in [3.63, 3.8) is 0 Å². The molecule has 0 aliphatic carbocycles. The second-order valence-corrected chi connectivity index (χ2v) is 8.99. The zero-order chi connectivity index (χ0) is 22.8. The summed E-state index contributed by atoms with van der Waals surface area (Å²) in [7, 11) is 0. The average molecular weight is 471 g/mol. The van der Waals surface area contributed by atoms with Crippen molar-refractivity contribution < 1.29 is 4.79 Å². The van der Waals surface area contributed by atoms with E-state index >= 15 is 0 Å². The number of thioether (sulfide) groups is 1. The highest BCUT2D eigenvalue weighted by atomic mass is 35.5. The highest BCUT2D eigenvalue weighted by Gasteiger charge is 2.25. The van der Waals surface area contributed by atoms with Gasteiger partial charge in [0.15, 0.2) is 0 Å². The minimum Gasteiger partial charge on any atom is -0.300 e. The van der Waals surface area contributed by atoms with Crippen LogP contribution in [0.5, 0.6) is 0 Å². The molecule has 5 nitrogen and oxygen atoms in total. The third kappa shape index (κ3) is 4.77. The highest BCUT2D eigenvalue weighted by Crippen LogP contribution is 2.32. The van der Waals surface area contributed by atoms with Gasteiger partial charge in [0.2, 0.25) is 0 Å². The molecule has 0 saturated carbocycles. The Balaban J connectivity index is 1.60. The molecule has 0 bridgehead atoms. The van der Waals surface area contributed by atoms with Crippen molar-refractivity contribution in [2.24, 2.45) is 4.99 Å². The van der Waals surface area contributed by atoms with Gasteiger partial charge in [-0.3, -0.25) is 4.79 Å². The lowest BCUT2D eigenvalue weighted by Crippen LogP contribution is -2.18. The Kier molecular flexibility index (Phi) is 5.86. The summed E-state index contributed by atoms with van der Waals surface area (Å²) in [6, 6.07) is 25.3. The van der Waals surface area contributed by atoms with Gasteiger partial charge >= 0.3 is 0 Å². The summed E-state index contributed by atoms with van der Waals surface area (Å²) in [5, 5.41) is 8.19. The number of nitrogens with zero attached hydrogens (tertiary/aromatic N) is 3. The van der Waals surface area contributed by atoms with Crippen LogP contribution >= 0.6 is 23.4 Å². The number of benzene rings is 3. The molecule has 2 heterocycles. The molecule has 5 rings (SSSR count). The SMILES string of the molecule is Cc1ccc(N=C2NC(=O)SC2=Cc2cn(-c3ccccc3)nc2-c2ccc(Cl)cc2)cc1. The van der Waals surface area contributed by atoms with Crippen LogP contribution < -0.4 is 5.32 Å². The van der Waals surface area contributed by atoms with Gasteiger partial charge in [-0.1, -0.05) is 59.6 Å². The minimum absolute atomic E-state index is 0.157. The summed E-state index contributed by atoms with van der Waals surface area (Å²) < 4.78 is 1.84. The molecule has 33 heavy (non-hydrogen) atoms. The topological polar surface area (TPSA) is 59.3 Å². The van der Waals surface area contributed by atoms with Gasteiger partial charge < -0.3 is 5.32 Å². The fraction of sp³-hybridized carbons (Fsp3) is 0.0385. The first-order valence-corrected chi connectivity index (χ1v) is 11.5. The van der Waals surface area contributed by atoms with Crippen molar-refractivity contribution in [1.82, 2.24) is 15.1 Å². The molecule has 1 amide bonds. The number of para-hydroxylation sites is 1.